The van der Waals surface area contributed by atoms with Crippen molar-refractivity contribution in [2.24, 2.45) is 0 Å². The average Bonchev–Trinajstić information content (AvgIpc) is 3.23. The minimum absolute atomic E-state index is 0.307. The standard InChI is InChI=1S/C13H14N4O3/c1-19-13(18)9-2-6-11(7-3-9)20-8-12-14-15-16-17(12)10-4-5-10/h2-3,6-7,10H,4-5,8H2,1H3. The number of benzene rings is 1. The van der Waals surface area contributed by atoms with Crippen LogP contribution in [0.4, 0.5) is 0 Å². The number of tetrazole rings is 1. The highest BCUT2D eigenvalue weighted by Gasteiger charge is 2.27. The van der Waals surface area contributed by atoms with Gasteiger partial charge in [-0.1, -0.05) is 0 Å². The van der Waals surface area contributed by atoms with Crippen molar-refractivity contribution < 1.29 is 14.3 Å². The summed E-state index contributed by atoms with van der Waals surface area (Å²) >= 11 is 0. The van der Waals surface area contributed by atoms with E-state index in [4.69, 9.17) is 4.74 Å². The van der Waals surface area contributed by atoms with Crippen LogP contribution in [0.2, 0.25) is 0 Å². The highest BCUT2D eigenvalue weighted by molar-refractivity contribution is 5.89. The van der Waals surface area contributed by atoms with Gasteiger partial charge in [0.25, 0.3) is 0 Å². The molecule has 7 nitrogen and oxygen atoms in total. The highest BCUT2D eigenvalue weighted by atomic mass is 16.5. The van der Waals surface area contributed by atoms with E-state index in [0.717, 1.165) is 12.8 Å². The number of carbonyl (C=O) groups excluding carboxylic acids is 1. The fraction of sp³-hybridized carbons (Fsp3) is 0.385. The molecule has 0 aliphatic heterocycles. The Balaban J connectivity index is 1.63. The molecule has 0 N–H and O–H groups in total. The van der Waals surface area contributed by atoms with Gasteiger partial charge in [0.15, 0.2) is 5.82 Å². The van der Waals surface area contributed by atoms with Gasteiger partial charge in [0.2, 0.25) is 0 Å². The molecule has 0 amide bonds. The van der Waals surface area contributed by atoms with Crippen molar-refractivity contribution in [1.29, 1.82) is 0 Å². The lowest BCUT2D eigenvalue weighted by atomic mass is 10.2. The minimum Gasteiger partial charge on any atom is -0.486 e. The topological polar surface area (TPSA) is 79.1 Å². The van der Waals surface area contributed by atoms with Crippen LogP contribution in [0.1, 0.15) is 35.1 Å². The fourth-order valence-electron chi connectivity index (χ4n) is 1.86. The van der Waals surface area contributed by atoms with E-state index in [9.17, 15) is 4.79 Å². The summed E-state index contributed by atoms with van der Waals surface area (Å²) in [4.78, 5) is 11.3. The molecule has 1 aromatic heterocycles. The zero-order chi connectivity index (χ0) is 13.9. The first-order valence-electron chi connectivity index (χ1n) is 6.36. The van der Waals surface area contributed by atoms with Crippen molar-refractivity contribution in [2.75, 3.05) is 7.11 Å². The average molecular weight is 274 g/mol. The first-order chi connectivity index (χ1) is 9.78. The Labute approximate surface area is 115 Å². The van der Waals surface area contributed by atoms with Crippen LogP contribution in [0.3, 0.4) is 0 Å². The number of rotatable bonds is 5. The van der Waals surface area contributed by atoms with Gasteiger partial charge in [0.1, 0.15) is 12.4 Å². The summed E-state index contributed by atoms with van der Waals surface area (Å²) in [5, 5.41) is 11.6. The lowest BCUT2D eigenvalue weighted by Gasteiger charge is -2.06. The molecule has 3 rings (SSSR count). The maximum atomic E-state index is 11.3. The molecule has 2 aromatic rings. The molecular weight excluding hydrogens is 260 g/mol. The van der Waals surface area contributed by atoms with E-state index in [-0.39, 0.29) is 5.97 Å². The van der Waals surface area contributed by atoms with Crippen molar-refractivity contribution in [3.63, 3.8) is 0 Å². The van der Waals surface area contributed by atoms with Crippen LogP contribution in [0, 0.1) is 0 Å². The number of hydrogen-bond acceptors (Lipinski definition) is 6. The molecule has 1 saturated carbocycles. The monoisotopic (exact) mass is 274 g/mol. The van der Waals surface area contributed by atoms with Crippen molar-refractivity contribution in [3.8, 4) is 5.75 Å². The third kappa shape index (κ3) is 2.61. The Bertz CT molecular complexity index is 604. The van der Waals surface area contributed by atoms with Gasteiger partial charge >= 0.3 is 5.97 Å². The van der Waals surface area contributed by atoms with E-state index in [0.29, 0.717) is 29.8 Å². The summed E-state index contributed by atoms with van der Waals surface area (Å²) in [7, 11) is 1.35. The maximum Gasteiger partial charge on any atom is 0.337 e. The summed E-state index contributed by atoms with van der Waals surface area (Å²) in [5.74, 6) is 1.00. The Hall–Kier alpha value is -2.44. The molecule has 1 fully saturated rings. The van der Waals surface area contributed by atoms with Gasteiger partial charge in [-0.3, -0.25) is 0 Å². The molecule has 20 heavy (non-hydrogen) atoms. The van der Waals surface area contributed by atoms with Gasteiger partial charge in [0.05, 0.1) is 18.7 Å². The van der Waals surface area contributed by atoms with Crippen LogP contribution in [-0.2, 0) is 11.3 Å². The molecule has 7 heteroatoms. The zero-order valence-electron chi connectivity index (χ0n) is 11.0. The Morgan fingerprint density at radius 2 is 2.10 bits per heavy atom. The third-order valence-corrected chi connectivity index (χ3v) is 3.10. The first kappa shape index (κ1) is 12.6. The zero-order valence-corrected chi connectivity index (χ0v) is 11.0. The smallest absolute Gasteiger partial charge is 0.337 e. The van der Waals surface area contributed by atoms with Crippen LogP contribution < -0.4 is 4.74 Å². The number of hydrogen-bond donors (Lipinski definition) is 0. The molecule has 0 saturated heterocycles. The molecule has 0 spiro atoms. The third-order valence-electron chi connectivity index (χ3n) is 3.10. The number of esters is 1. The summed E-state index contributed by atoms with van der Waals surface area (Å²) in [5.41, 5.74) is 0.489. The number of methoxy groups -OCH3 is 1. The molecule has 1 aliphatic rings. The summed E-state index contributed by atoms with van der Waals surface area (Å²) in [6, 6.07) is 7.18. The van der Waals surface area contributed by atoms with E-state index in [1.807, 2.05) is 4.68 Å². The number of carbonyl (C=O) groups is 1. The fourth-order valence-corrected chi connectivity index (χ4v) is 1.86. The largest absolute Gasteiger partial charge is 0.486 e. The van der Waals surface area contributed by atoms with E-state index < -0.39 is 0 Å². The predicted octanol–water partition coefficient (Wildman–Crippen LogP) is 1.37. The van der Waals surface area contributed by atoms with Crippen molar-refractivity contribution in [2.45, 2.75) is 25.5 Å². The van der Waals surface area contributed by atoms with Crippen LogP contribution in [0.25, 0.3) is 0 Å². The van der Waals surface area contributed by atoms with Crippen LogP contribution in [0.15, 0.2) is 24.3 Å². The second kappa shape index (κ2) is 5.28. The van der Waals surface area contributed by atoms with E-state index in [1.54, 1.807) is 24.3 Å². The molecular formula is C13H14N4O3. The lowest BCUT2D eigenvalue weighted by molar-refractivity contribution is 0.0600. The molecule has 0 unspecified atom stereocenters. The molecule has 0 atom stereocenters. The van der Waals surface area contributed by atoms with Gasteiger partial charge in [-0.2, -0.15) is 0 Å². The van der Waals surface area contributed by atoms with Gasteiger partial charge < -0.3 is 9.47 Å². The second-order valence-corrected chi connectivity index (χ2v) is 4.58. The predicted molar refractivity (Wildman–Crippen MR) is 68.2 cm³/mol. The number of aromatic nitrogens is 4. The summed E-state index contributed by atoms with van der Waals surface area (Å²) < 4.78 is 12.1. The quantitative estimate of drug-likeness (QED) is 0.766. The van der Waals surface area contributed by atoms with Gasteiger partial charge in [-0.05, 0) is 47.5 Å². The Kier molecular flexibility index (Phi) is 3.32. The van der Waals surface area contributed by atoms with Gasteiger partial charge in [-0.25, -0.2) is 9.48 Å². The van der Waals surface area contributed by atoms with Crippen molar-refractivity contribution in [1.82, 2.24) is 20.2 Å². The van der Waals surface area contributed by atoms with E-state index in [2.05, 4.69) is 20.3 Å². The van der Waals surface area contributed by atoms with Crippen LogP contribution in [0.5, 0.6) is 5.75 Å². The van der Waals surface area contributed by atoms with E-state index in [1.165, 1.54) is 7.11 Å². The number of nitrogens with zero attached hydrogens (tertiary/aromatic N) is 4. The van der Waals surface area contributed by atoms with Crippen molar-refractivity contribution >= 4 is 5.97 Å². The Morgan fingerprint density at radius 1 is 1.35 bits per heavy atom. The lowest BCUT2D eigenvalue weighted by Crippen LogP contribution is -2.07. The Morgan fingerprint density at radius 3 is 2.75 bits per heavy atom. The SMILES string of the molecule is COC(=O)c1ccc(OCc2nnnn2C2CC2)cc1. The first-order valence-corrected chi connectivity index (χ1v) is 6.36. The summed E-state index contributed by atoms with van der Waals surface area (Å²) in [6.07, 6.45) is 2.23. The molecule has 0 bridgehead atoms. The van der Waals surface area contributed by atoms with Crippen LogP contribution >= 0.6 is 0 Å². The second-order valence-electron chi connectivity index (χ2n) is 4.58. The molecule has 1 aliphatic carbocycles. The van der Waals surface area contributed by atoms with E-state index >= 15 is 0 Å². The van der Waals surface area contributed by atoms with Crippen LogP contribution in [-0.4, -0.2) is 33.3 Å². The molecule has 1 heterocycles. The normalized spacial score (nSPS) is 14.1. The maximum absolute atomic E-state index is 11.3. The highest BCUT2D eigenvalue weighted by Crippen LogP contribution is 2.34. The summed E-state index contributed by atoms with van der Waals surface area (Å²) in [6.45, 7) is 0.307. The van der Waals surface area contributed by atoms with Crippen molar-refractivity contribution in [3.05, 3.63) is 35.7 Å². The van der Waals surface area contributed by atoms with Gasteiger partial charge in [-0.15, -0.1) is 5.10 Å². The molecule has 0 radical (unpaired) electrons. The molecule has 104 valence electrons. The minimum atomic E-state index is -0.366. The van der Waals surface area contributed by atoms with Gasteiger partial charge in [0, 0.05) is 0 Å². The molecule has 1 aromatic carbocycles. The number of ether oxygens (including phenoxy) is 2.